The Bertz CT molecular complexity index is 408. The van der Waals surface area contributed by atoms with E-state index in [0.717, 1.165) is 4.31 Å². The SMILES string of the molecule is CCC(C#N)S(=O)(=O)N(CC(=O)O)C1CC1. The van der Waals surface area contributed by atoms with Crippen LogP contribution < -0.4 is 0 Å². The van der Waals surface area contributed by atoms with Crippen LogP contribution in [0, 0.1) is 11.3 Å². The van der Waals surface area contributed by atoms with Gasteiger partial charge in [-0.05, 0) is 19.3 Å². The Kier molecular flexibility index (Phi) is 3.88. The van der Waals surface area contributed by atoms with Crippen molar-refractivity contribution in [2.45, 2.75) is 37.5 Å². The quantitative estimate of drug-likeness (QED) is 0.720. The van der Waals surface area contributed by atoms with E-state index in [-0.39, 0.29) is 12.5 Å². The van der Waals surface area contributed by atoms with Crippen molar-refractivity contribution >= 4 is 16.0 Å². The second-order valence-corrected chi connectivity index (χ2v) is 5.81. The van der Waals surface area contributed by atoms with E-state index in [4.69, 9.17) is 10.4 Å². The highest BCUT2D eigenvalue weighted by Gasteiger charge is 2.41. The second-order valence-electron chi connectivity index (χ2n) is 3.74. The molecule has 90 valence electrons. The van der Waals surface area contributed by atoms with Crippen LogP contribution in [0.3, 0.4) is 0 Å². The summed E-state index contributed by atoms with van der Waals surface area (Å²) in [4.78, 5) is 10.6. The van der Waals surface area contributed by atoms with Crippen molar-refractivity contribution in [1.82, 2.24) is 4.31 Å². The number of hydrogen-bond acceptors (Lipinski definition) is 4. The van der Waals surface area contributed by atoms with E-state index < -0.39 is 27.8 Å². The number of carboxylic acids is 1. The van der Waals surface area contributed by atoms with Crippen molar-refractivity contribution in [2.75, 3.05) is 6.54 Å². The van der Waals surface area contributed by atoms with E-state index in [9.17, 15) is 13.2 Å². The van der Waals surface area contributed by atoms with Crippen molar-refractivity contribution < 1.29 is 18.3 Å². The maximum absolute atomic E-state index is 12.0. The van der Waals surface area contributed by atoms with Gasteiger partial charge < -0.3 is 5.11 Å². The zero-order chi connectivity index (χ0) is 12.3. The Balaban J connectivity index is 2.92. The number of nitrogens with zero attached hydrogens (tertiary/aromatic N) is 2. The molecule has 0 amide bonds. The van der Waals surface area contributed by atoms with Crippen molar-refractivity contribution in [3.8, 4) is 6.07 Å². The van der Waals surface area contributed by atoms with Crippen molar-refractivity contribution in [3.63, 3.8) is 0 Å². The molecule has 1 N–H and O–H groups in total. The van der Waals surface area contributed by atoms with E-state index in [1.54, 1.807) is 13.0 Å². The molecule has 0 bridgehead atoms. The molecule has 7 heteroatoms. The van der Waals surface area contributed by atoms with Crippen LogP contribution in [-0.2, 0) is 14.8 Å². The molecule has 0 radical (unpaired) electrons. The lowest BCUT2D eigenvalue weighted by Crippen LogP contribution is -2.42. The first-order chi connectivity index (χ1) is 7.43. The molecule has 0 aromatic heterocycles. The smallest absolute Gasteiger partial charge is 0.318 e. The van der Waals surface area contributed by atoms with Crippen molar-refractivity contribution in [1.29, 1.82) is 5.26 Å². The van der Waals surface area contributed by atoms with E-state index in [0.29, 0.717) is 12.8 Å². The molecular formula is C9H14N2O4S. The predicted molar refractivity (Wildman–Crippen MR) is 56.0 cm³/mol. The number of aliphatic carboxylic acids is 1. The maximum atomic E-state index is 12.0. The van der Waals surface area contributed by atoms with Crippen LogP contribution in [0.1, 0.15) is 26.2 Å². The molecule has 1 saturated carbocycles. The number of rotatable bonds is 6. The summed E-state index contributed by atoms with van der Waals surface area (Å²) >= 11 is 0. The third kappa shape index (κ3) is 2.71. The Morgan fingerprint density at radius 1 is 1.62 bits per heavy atom. The van der Waals surface area contributed by atoms with E-state index >= 15 is 0 Å². The van der Waals surface area contributed by atoms with E-state index in [1.165, 1.54) is 0 Å². The minimum atomic E-state index is -3.80. The largest absolute Gasteiger partial charge is 0.480 e. The highest BCUT2D eigenvalue weighted by molar-refractivity contribution is 7.90. The minimum absolute atomic E-state index is 0.168. The van der Waals surface area contributed by atoms with Crippen LogP contribution in [0.25, 0.3) is 0 Å². The fourth-order valence-corrected chi connectivity index (χ4v) is 3.25. The summed E-state index contributed by atoms with van der Waals surface area (Å²) in [5, 5.41) is 16.3. The highest BCUT2D eigenvalue weighted by atomic mass is 32.2. The van der Waals surface area contributed by atoms with Crippen LogP contribution in [0.15, 0.2) is 0 Å². The lowest BCUT2D eigenvalue weighted by Gasteiger charge is -2.21. The summed E-state index contributed by atoms with van der Waals surface area (Å²) in [5.74, 6) is -1.19. The summed E-state index contributed by atoms with van der Waals surface area (Å²) < 4.78 is 24.9. The lowest BCUT2D eigenvalue weighted by atomic mass is 10.4. The van der Waals surface area contributed by atoms with Gasteiger partial charge in [0.15, 0.2) is 5.25 Å². The maximum Gasteiger partial charge on any atom is 0.318 e. The Labute approximate surface area is 94.5 Å². The molecule has 0 saturated heterocycles. The van der Waals surface area contributed by atoms with Gasteiger partial charge in [0, 0.05) is 6.04 Å². The van der Waals surface area contributed by atoms with Gasteiger partial charge in [-0.2, -0.15) is 9.57 Å². The minimum Gasteiger partial charge on any atom is -0.480 e. The van der Waals surface area contributed by atoms with Gasteiger partial charge in [0.1, 0.15) is 6.54 Å². The fourth-order valence-electron chi connectivity index (χ4n) is 1.45. The summed E-state index contributed by atoms with van der Waals surface area (Å²) in [6.45, 7) is 1.04. The third-order valence-electron chi connectivity index (χ3n) is 2.45. The normalized spacial score (nSPS) is 18.1. The van der Waals surface area contributed by atoms with Gasteiger partial charge in [-0.3, -0.25) is 4.79 Å². The molecule has 1 fully saturated rings. The molecule has 0 aliphatic heterocycles. The van der Waals surface area contributed by atoms with Crippen LogP contribution in [-0.4, -0.2) is 41.6 Å². The van der Waals surface area contributed by atoms with E-state index in [1.807, 2.05) is 0 Å². The van der Waals surface area contributed by atoms with Crippen LogP contribution in [0.4, 0.5) is 0 Å². The van der Waals surface area contributed by atoms with E-state index in [2.05, 4.69) is 0 Å². The standard InChI is InChI=1S/C9H14N2O4S/c1-2-8(5-10)16(14,15)11(6-9(12)13)7-3-4-7/h7-8H,2-4,6H2,1H3,(H,12,13). The molecule has 1 aliphatic carbocycles. The first kappa shape index (κ1) is 12.9. The van der Waals surface area contributed by atoms with Crippen LogP contribution in [0.2, 0.25) is 0 Å². The average molecular weight is 246 g/mol. The molecular weight excluding hydrogens is 232 g/mol. The molecule has 16 heavy (non-hydrogen) atoms. The van der Waals surface area contributed by atoms with Crippen molar-refractivity contribution in [2.24, 2.45) is 0 Å². The summed E-state index contributed by atoms with van der Waals surface area (Å²) in [6, 6.07) is 1.47. The van der Waals surface area contributed by atoms with Gasteiger partial charge in [-0.15, -0.1) is 0 Å². The molecule has 0 spiro atoms. The van der Waals surface area contributed by atoms with Crippen LogP contribution in [0.5, 0.6) is 0 Å². The van der Waals surface area contributed by atoms with Crippen molar-refractivity contribution in [3.05, 3.63) is 0 Å². The Morgan fingerprint density at radius 2 is 2.19 bits per heavy atom. The first-order valence-electron chi connectivity index (χ1n) is 5.05. The molecule has 0 aromatic carbocycles. The Hall–Kier alpha value is -1.13. The molecule has 1 aliphatic rings. The Morgan fingerprint density at radius 3 is 2.50 bits per heavy atom. The molecule has 6 nitrogen and oxygen atoms in total. The summed E-state index contributed by atoms with van der Waals surface area (Å²) in [7, 11) is -3.80. The zero-order valence-electron chi connectivity index (χ0n) is 8.96. The van der Waals surface area contributed by atoms with Gasteiger partial charge in [0.05, 0.1) is 6.07 Å². The van der Waals surface area contributed by atoms with Crippen LogP contribution >= 0.6 is 0 Å². The molecule has 0 heterocycles. The molecule has 1 atom stereocenters. The van der Waals surface area contributed by atoms with Gasteiger partial charge in [-0.25, -0.2) is 8.42 Å². The van der Waals surface area contributed by atoms with Gasteiger partial charge >= 0.3 is 5.97 Å². The number of nitriles is 1. The van der Waals surface area contributed by atoms with Gasteiger partial charge in [0.25, 0.3) is 0 Å². The lowest BCUT2D eigenvalue weighted by molar-refractivity contribution is -0.137. The van der Waals surface area contributed by atoms with Gasteiger partial charge in [-0.1, -0.05) is 6.92 Å². The zero-order valence-corrected chi connectivity index (χ0v) is 9.77. The second kappa shape index (κ2) is 4.80. The molecule has 1 unspecified atom stereocenters. The van der Waals surface area contributed by atoms with Gasteiger partial charge in [0.2, 0.25) is 10.0 Å². The first-order valence-corrected chi connectivity index (χ1v) is 6.55. The topological polar surface area (TPSA) is 98.5 Å². The summed E-state index contributed by atoms with van der Waals surface area (Å²) in [6.07, 6.45) is 1.52. The predicted octanol–water partition coefficient (Wildman–Crippen LogP) is 0.167. The summed E-state index contributed by atoms with van der Waals surface area (Å²) in [5.41, 5.74) is 0. The number of carbonyl (C=O) groups is 1. The highest BCUT2D eigenvalue weighted by Crippen LogP contribution is 2.30. The average Bonchev–Trinajstić information content (AvgIpc) is 2.98. The number of hydrogen-bond donors (Lipinski definition) is 1. The number of sulfonamides is 1. The third-order valence-corrected chi connectivity index (χ3v) is 4.69. The molecule has 1 rings (SSSR count). The number of carboxylic acid groups (broad SMARTS) is 1. The molecule has 0 aromatic rings. The fraction of sp³-hybridized carbons (Fsp3) is 0.778. The monoisotopic (exact) mass is 246 g/mol.